The van der Waals surface area contributed by atoms with Gasteiger partial charge in [-0.2, -0.15) is 0 Å². The van der Waals surface area contributed by atoms with E-state index in [9.17, 15) is 4.79 Å². The maximum Gasteiger partial charge on any atom is 0.247 e. The lowest BCUT2D eigenvalue weighted by Gasteiger charge is -2.06. The highest BCUT2D eigenvalue weighted by Gasteiger charge is 2.11. The normalized spacial score (nSPS) is 11.3. The molecular formula is C19H16N2O3S. The van der Waals surface area contributed by atoms with Crippen LogP contribution < -0.4 is 10.2 Å². The summed E-state index contributed by atoms with van der Waals surface area (Å²) >= 11 is 1.57. The number of hydrogen-bond acceptors (Lipinski definition) is 6. The van der Waals surface area contributed by atoms with Crippen LogP contribution in [0.4, 0.5) is 0 Å². The van der Waals surface area contributed by atoms with E-state index in [-0.39, 0.29) is 5.43 Å². The molecule has 0 bridgehead atoms. The van der Waals surface area contributed by atoms with Crippen molar-refractivity contribution < 1.29 is 9.15 Å². The zero-order valence-electron chi connectivity index (χ0n) is 13.9. The van der Waals surface area contributed by atoms with Gasteiger partial charge < -0.3 is 9.15 Å². The molecule has 0 unspecified atom stereocenters. The quantitative estimate of drug-likeness (QED) is 0.504. The fraction of sp³-hybridized carbons (Fsp3) is 0.211. The Balaban J connectivity index is 1.87. The van der Waals surface area contributed by atoms with E-state index in [4.69, 9.17) is 9.15 Å². The summed E-state index contributed by atoms with van der Waals surface area (Å²) in [6.45, 7) is 4.45. The van der Waals surface area contributed by atoms with Crippen LogP contribution in [-0.4, -0.2) is 16.8 Å². The molecule has 2 aromatic heterocycles. The first-order valence-electron chi connectivity index (χ1n) is 8.09. The van der Waals surface area contributed by atoms with E-state index in [0.717, 1.165) is 27.1 Å². The second kappa shape index (κ2) is 6.29. The number of nitrogens with zero attached hydrogens (tertiary/aromatic N) is 2. The Kier molecular flexibility index (Phi) is 3.97. The second-order valence-electron chi connectivity index (χ2n) is 5.77. The number of benzene rings is 2. The maximum atomic E-state index is 12.9. The van der Waals surface area contributed by atoms with E-state index in [0.29, 0.717) is 29.2 Å². The molecule has 0 saturated carbocycles. The SMILES string of the molecule is CCCOc1ccc2sc3cc(-c4nnc(C)o4)ccc3c(=O)c2c1. The Hall–Kier alpha value is -2.73. The van der Waals surface area contributed by atoms with Crippen LogP contribution in [0.25, 0.3) is 31.6 Å². The van der Waals surface area contributed by atoms with E-state index in [2.05, 4.69) is 17.1 Å². The zero-order valence-corrected chi connectivity index (χ0v) is 14.7. The fourth-order valence-electron chi connectivity index (χ4n) is 2.69. The molecule has 0 radical (unpaired) electrons. The number of aromatic nitrogens is 2. The Morgan fingerprint density at radius 2 is 1.96 bits per heavy atom. The Morgan fingerprint density at radius 3 is 2.72 bits per heavy atom. The molecular weight excluding hydrogens is 336 g/mol. The highest BCUT2D eigenvalue weighted by molar-refractivity contribution is 7.24. The van der Waals surface area contributed by atoms with Crippen LogP contribution in [0, 0.1) is 6.92 Å². The summed E-state index contributed by atoms with van der Waals surface area (Å²) in [5, 5.41) is 9.27. The summed E-state index contributed by atoms with van der Waals surface area (Å²) in [6.07, 6.45) is 0.931. The molecule has 0 aliphatic heterocycles. The van der Waals surface area contributed by atoms with Crippen molar-refractivity contribution in [3.8, 4) is 17.2 Å². The van der Waals surface area contributed by atoms with Crippen LogP contribution in [0.3, 0.4) is 0 Å². The van der Waals surface area contributed by atoms with Gasteiger partial charge >= 0.3 is 0 Å². The maximum absolute atomic E-state index is 12.9. The van der Waals surface area contributed by atoms with E-state index in [1.807, 2.05) is 36.4 Å². The molecule has 2 aromatic carbocycles. The van der Waals surface area contributed by atoms with Crippen molar-refractivity contribution in [2.75, 3.05) is 6.61 Å². The minimum absolute atomic E-state index is 0.0129. The molecule has 0 aliphatic carbocycles. The summed E-state index contributed by atoms with van der Waals surface area (Å²) in [5.74, 6) is 1.71. The minimum Gasteiger partial charge on any atom is -0.494 e. The number of fused-ring (bicyclic) bond motifs is 2. The summed E-state index contributed by atoms with van der Waals surface area (Å²) < 4.78 is 13.0. The van der Waals surface area contributed by atoms with Crippen molar-refractivity contribution in [1.82, 2.24) is 10.2 Å². The lowest BCUT2D eigenvalue weighted by molar-refractivity contribution is 0.318. The minimum atomic E-state index is 0.0129. The smallest absolute Gasteiger partial charge is 0.247 e. The van der Waals surface area contributed by atoms with Gasteiger partial charge in [-0.05, 0) is 42.8 Å². The molecule has 4 aromatic rings. The topological polar surface area (TPSA) is 65.2 Å². The first kappa shape index (κ1) is 15.8. The number of ether oxygens (including phenoxy) is 1. The standard InChI is InChI=1S/C19H16N2O3S/c1-3-8-23-13-5-7-16-15(10-13)18(22)14-6-4-12(9-17(14)25-16)19-21-20-11(2)24-19/h4-7,9-10H,3,8H2,1-2H3. The van der Waals surface area contributed by atoms with Crippen molar-refractivity contribution >= 4 is 31.5 Å². The zero-order chi connectivity index (χ0) is 17.4. The predicted octanol–water partition coefficient (Wildman–Crippen LogP) is 4.56. The van der Waals surface area contributed by atoms with Crippen LogP contribution in [0.1, 0.15) is 19.2 Å². The van der Waals surface area contributed by atoms with Gasteiger partial charge in [-0.25, -0.2) is 0 Å². The molecule has 0 saturated heterocycles. The molecule has 0 atom stereocenters. The van der Waals surface area contributed by atoms with E-state index >= 15 is 0 Å². The van der Waals surface area contributed by atoms with Gasteiger partial charge in [0, 0.05) is 32.7 Å². The lowest BCUT2D eigenvalue weighted by atomic mass is 10.1. The molecule has 0 aliphatic rings. The first-order chi connectivity index (χ1) is 12.2. The van der Waals surface area contributed by atoms with Gasteiger partial charge in [0.1, 0.15) is 5.75 Å². The van der Waals surface area contributed by atoms with Crippen molar-refractivity contribution in [3.05, 3.63) is 52.5 Å². The third kappa shape index (κ3) is 2.89. The molecule has 2 heterocycles. The molecule has 0 N–H and O–H groups in total. The van der Waals surface area contributed by atoms with E-state index < -0.39 is 0 Å². The van der Waals surface area contributed by atoms with Crippen LogP contribution in [0.15, 0.2) is 45.6 Å². The van der Waals surface area contributed by atoms with Crippen molar-refractivity contribution in [3.63, 3.8) is 0 Å². The van der Waals surface area contributed by atoms with E-state index in [1.54, 1.807) is 18.3 Å². The summed E-state index contributed by atoms with van der Waals surface area (Å²) in [6, 6.07) is 11.3. The van der Waals surface area contributed by atoms with Crippen molar-refractivity contribution in [1.29, 1.82) is 0 Å². The molecule has 5 nitrogen and oxygen atoms in total. The predicted molar refractivity (Wildman–Crippen MR) is 99.4 cm³/mol. The summed E-state index contributed by atoms with van der Waals surface area (Å²) in [5.41, 5.74) is 0.824. The van der Waals surface area contributed by atoms with Gasteiger partial charge in [-0.3, -0.25) is 4.79 Å². The third-order valence-electron chi connectivity index (χ3n) is 3.89. The van der Waals surface area contributed by atoms with Crippen molar-refractivity contribution in [2.24, 2.45) is 0 Å². The van der Waals surface area contributed by atoms with E-state index in [1.165, 1.54) is 0 Å². The molecule has 25 heavy (non-hydrogen) atoms. The monoisotopic (exact) mass is 352 g/mol. The molecule has 0 spiro atoms. The van der Waals surface area contributed by atoms with Gasteiger partial charge in [0.25, 0.3) is 0 Å². The summed E-state index contributed by atoms with van der Waals surface area (Å²) in [4.78, 5) is 12.9. The average molecular weight is 352 g/mol. The van der Waals surface area contributed by atoms with Crippen LogP contribution in [0.2, 0.25) is 0 Å². The average Bonchev–Trinajstić information content (AvgIpc) is 3.06. The van der Waals surface area contributed by atoms with Crippen LogP contribution in [-0.2, 0) is 0 Å². The summed E-state index contributed by atoms with van der Waals surface area (Å²) in [7, 11) is 0. The van der Waals surface area contributed by atoms with Gasteiger partial charge in [-0.1, -0.05) is 6.92 Å². The number of rotatable bonds is 4. The fourth-order valence-corrected chi connectivity index (χ4v) is 3.78. The highest BCUT2D eigenvalue weighted by atomic mass is 32.1. The van der Waals surface area contributed by atoms with Gasteiger partial charge in [0.2, 0.25) is 11.8 Å². The molecule has 126 valence electrons. The number of hydrogen-bond donors (Lipinski definition) is 0. The Labute approximate surface area is 147 Å². The molecule has 4 rings (SSSR count). The second-order valence-corrected chi connectivity index (χ2v) is 6.86. The van der Waals surface area contributed by atoms with Crippen LogP contribution in [0.5, 0.6) is 5.75 Å². The first-order valence-corrected chi connectivity index (χ1v) is 8.91. The van der Waals surface area contributed by atoms with Gasteiger partial charge in [0.15, 0.2) is 5.43 Å². The third-order valence-corrected chi connectivity index (χ3v) is 5.02. The van der Waals surface area contributed by atoms with Crippen molar-refractivity contribution in [2.45, 2.75) is 20.3 Å². The van der Waals surface area contributed by atoms with Crippen LogP contribution >= 0.6 is 11.3 Å². The molecule has 0 fully saturated rings. The molecule has 0 amide bonds. The number of aryl methyl sites for hydroxylation is 1. The Bertz CT molecular complexity index is 1130. The van der Waals surface area contributed by atoms with Gasteiger partial charge in [-0.15, -0.1) is 21.5 Å². The van der Waals surface area contributed by atoms with Gasteiger partial charge in [0.05, 0.1) is 6.61 Å². The Morgan fingerprint density at radius 1 is 1.08 bits per heavy atom. The molecule has 6 heteroatoms. The largest absolute Gasteiger partial charge is 0.494 e. The lowest BCUT2D eigenvalue weighted by Crippen LogP contribution is -2.02. The highest BCUT2D eigenvalue weighted by Crippen LogP contribution is 2.30.